The first kappa shape index (κ1) is 12.6. The molecular weight excluding hydrogens is 230 g/mol. The van der Waals surface area contributed by atoms with E-state index in [1.165, 1.54) is 6.07 Å². The Morgan fingerprint density at radius 2 is 2.12 bits per heavy atom. The van der Waals surface area contributed by atoms with Crippen LogP contribution in [-0.2, 0) is 9.53 Å². The van der Waals surface area contributed by atoms with Crippen molar-refractivity contribution in [1.82, 2.24) is 0 Å². The molecule has 0 heterocycles. The largest absolute Gasteiger partial charge is 0.502 e. The maximum absolute atomic E-state index is 11.5. The monoisotopic (exact) mass is 239 g/mol. The first-order valence-electron chi connectivity index (χ1n) is 4.53. The molecule has 0 atom stereocenters. The van der Waals surface area contributed by atoms with Crippen LogP contribution in [0.5, 0.6) is 5.75 Å². The average molecular weight is 239 g/mol. The number of phenolic OH excluding ortho intramolecular Hbond substituents is 1. The summed E-state index contributed by atoms with van der Waals surface area (Å²) in [5, 5.41) is 19.7. The summed E-state index contributed by atoms with van der Waals surface area (Å²) >= 11 is 0. The number of Topliss-reactive ketones (excluding diaryl/α,β-unsaturated/α-hetero) is 1. The van der Waals surface area contributed by atoms with E-state index in [2.05, 4.69) is 4.74 Å². The van der Waals surface area contributed by atoms with Crippen molar-refractivity contribution < 1.29 is 24.4 Å². The van der Waals surface area contributed by atoms with Crippen LogP contribution in [-0.4, -0.2) is 28.9 Å². The normalized spacial score (nSPS) is 9.71. The van der Waals surface area contributed by atoms with Crippen LogP contribution >= 0.6 is 0 Å². The van der Waals surface area contributed by atoms with E-state index in [9.17, 15) is 24.8 Å². The smallest absolute Gasteiger partial charge is 0.313 e. The van der Waals surface area contributed by atoms with Gasteiger partial charge < -0.3 is 9.84 Å². The van der Waals surface area contributed by atoms with Crippen molar-refractivity contribution in [2.75, 3.05) is 7.11 Å². The number of nitrogens with zero attached hydrogens (tertiary/aromatic N) is 1. The Balaban J connectivity index is 3.00. The van der Waals surface area contributed by atoms with E-state index in [0.29, 0.717) is 0 Å². The summed E-state index contributed by atoms with van der Waals surface area (Å²) in [6, 6.07) is 3.15. The molecule has 0 bridgehead atoms. The lowest BCUT2D eigenvalue weighted by atomic mass is 10.1. The number of ketones is 1. The highest BCUT2D eigenvalue weighted by Gasteiger charge is 2.18. The van der Waals surface area contributed by atoms with Gasteiger partial charge in [0.2, 0.25) is 0 Å². The first-order chi connectivity index (χ1) is 7.95. The fraction of sp³-hybridized carbons (Fsp3) is 0.200. The van der Waals surface area contributed by atoms with E-state index < -0.39 is 34.5 Å². The van der Waals surface area contributed by atoms with Crippen LogP contribution in [0.3, 0.4) is 0 Å². The highest BCUT2D eigenvalue weighted by atomic mass is 16.6. The minimum atomic E-state index is -0.815. The van der Waals surface area contributed by atoms with Gasteiger partial charge in [-0.15, -0.1) is 0 Å². The highest BCUT2D eigenvalue weighted by Crippen LogP contribution is 2.26. The zero-order valence-electron chi connectivity index (χ0n) is 8.87. The Morgan fingerprint density at radius 1 is 1.47 bits per heavy atom. The molecule has 17 heavy (non-hydrogen) atoms. The molecule has 0 radical (unpaired) electrons. The van der Waals surface area contributed by atoms with Crippen molar-refractivity contribution in [3.8, 4) is 5.75 Å². The van der Waals surface area contributed by atoms with Crippen molar-refractivity contribution in [3.05, 3.63) is 33.9 Å². The number of nitro groups is 1. The number of esters is 1. The number of hydrogen-bond acceptors (Lipinski definition) is 6. The van der Waals surface area contributed by atoms with Gasteiger partial charge in [-0.2, -0.15) is 0 Å². The minimum Gasteiger partial charge on any atom is -0.502 e. The van der Waals surface area contributed by atoms with E-state index in [4.69, 9.17) is 0 Å². The van der Waals surface area contributed by atoms with E-state index in [-0.39, 0.29) is 5.56 Å². The predicted octanol–water partition coefficient (Wildman–Crippen LogP) is 1.05. The number of carbonyl (C=O) groups excluding carboxylic acids is 2. The summed E-state index contributed by atoms with van der Waals surface area (Å²) in [5.74, 6) is -1.88. The maximum Gasteiger partial charge on any atom is 0.313 e. The van der Waals surface area contributed by atoms with Crippen LogP contribution in [0, 0.1) is 10.1 Å². The molecule has 0 spiro atoms. The van der Waals surface area contributed by atoms with Gasteiger partial charge in [0.05, 0.1) is 12.0 Å². The molecule has 1 N–H and O–H groups in total. The van der Waals surface area contributed by atoms with Crippen LogP contribution in [0.4, 0.5) is 5.69 Å². The van der Waals surface area contributed by atoms with Crippen molar-refractivity contribution >= 4 is 17.4 Å². The molecule has 0 aliphatic rings. The summed E-state index contributed by atoms with van der Waals surface area (Å²) in [6.45, 7) is 0. The summed E-state index contributed by atoms with van der Waals surface area (Å²) < 4.78 is 4.30. The van der Waals surface area contributed by atoms with E-state index in [0.717, 1.165) is 19.2 Å². The first-order valence-corrected chi connectivity index (χ1v) is 4.53. The van der Waals surface area contributed by atoms with Crippen LogP contribution in [0.15, 0.2) is 18.2 Å². The van der Waals surface area contributed by atoms with Gasteiger partial charge in [0.1, 0.15) is 6.42 Å². The number of rotatable bonds is 4. The third-order valence-corrected chi connectivity index (χ3v) is 2.03. The van der Waals surface area contributed by atoms with E-state index in [1.54, 1.807) is 0 Å². The minimum absolute atomic E-state index is 0.0279. The van der Waals surface area contributed by atoms with Crippen molar-refractivity contribution in [3.63, 3.8) is 0 Å². The topological polar surface area (TPSA) is 107 Å². The zero-order valence-corrected chi connectivity index (χ0v) is 8.87. The third kappa shape index (κ3) is 3.00. The number of benzene rings is 1. The molecule has 90 valence electrons. The predicted molar refractivity (Wildman–Crippen MR) is 55.7 cm³/mol. The van der Waals surface area contributed by atoms with E-state index in [1.807, 2.05) is 0 Å². The van der Waals surface area contributed by atoms with Crippen LogP contribution in [0.25, 0.3) is 0 Å². The Bertz CT molecular complexity index is 482. The summed E-state index contributed by atoms with van der Waals surface area (Å²) in [6.07, 6.45) is -0.502. The summed E-state index contributed by atoms with van der Waals surface area (Å²) in [4.78, 5) is 32.1. The maximum atomic E-state index is 11.5. The summed E-state index contributed by atoms with van der Waals surface area (Å²) in [7, 11) is 1.13. The Morgan fingerprint density at radius 3 is 2.65 bits per heavy atom. The molecule has 7 heteroatoms. The van der Waals surface area contributed by atoms with Crippen LogP contribution < -0.4 is 0 Å². The van der Waals surface area contributed by atoms with Gasteiger partial charge in [0.15, 0.2) is 11.5 Å². The number of hydrogen-bond donors (Lipinski definition) is 1. The fourth-order valence-corrected chi connectivity index (χ4v) is 1.15. The Kier molecular flexibility index (Phi) is 3.76. The molecule has 0 saturated heterocycles. The second-order valence-corrected chi connectivity index (χ2v) is 3.14. The molecule has 1 aromatic carbocycles. The average Bonchev–Trinajstić information content (AvgIpc) is 2.28. The van der Waals surface area contributed by atoms with Gasteiger partial charge in [0.25, 0.3) is 0 Å². The molecule has 7 nitrogen and oxygen atoms in total. The van der Waals surface area contributed by atoms with Crippen molar-refractivity contribution in [2.24, 2.45) is 0 Å². The molecule has 0 aliphatic heterocycles. The number of ether oxygens (including phenoxy) is 1. The lowest BCUT2D eigenvalue weighted by Gasteiger charge is -2.01. The molecule has 0 saturated carbocycles. The number of methoxy groups -OCH3 is 1. The Labute approximate surface area is 95.8 Å². The van der Waals surface area contributed by atoms with Crippen molar-refractivity contribution in [1.29, 1.82) is 0 Å². The molecule has 1 rings (SSSR count). The molecule has 1 aromatic rings. The zero-order chi connectivity index (χ0) is 13.0. The second kappa shape index (κ2) is 5.06. The highest BCUT2D eigenvalue weighted by molar-refractivity contribution is 6.06. The van der Waals surface area contributed by atoms with Crippen LogP contribution in [0.1, 0.15) is 16.8 Å². The van der Waals surface area contributed by atoms with Gasteiger partial charge >= 0.3 is 11.7 Å². The Hall–Kier alpha value is -2.44. The van der Waals surface area contributed by atoms with Gasteiger partial charge in [-0.05, 0) is 12.1 Å². The molecule has 0 aromatic heterocycles. The fourth-order valence-electron chi connectivity index (χ4n) is 1.15. The molecule has 0 aliphatic carbocycles. The quantitative estimate of drug-likeness (QED) is 0.276. The van der Waals surface area contributed by atoms with E-state index >= 15 is 0 Å². The van der Waals surface area contributed by atoms with Gasteiger partial charge in [-0.25, -0.2) is 0 Å². The SMILES string of the molecule is COC(=O)CC(=O)c1ccc(O)c([N+](=O)[O-])c1. The molecule has 0 amide bonds. The van der Waals surface area contributed by atoms with Gasteiger partial charge in [0, 0.05) is 11.6 Å². The van der Waals surface area contributed by atoms with Crippen molar-refractivity contribution in [2.45, 2.75) is 6.42 Å². The second-order valence-electron chi connectivity index (χ2n) is 3.14. The number of carbonyl (C=O) groups is 2. The number of phenols is 1. The molecular formula is C10H9NO6. The number of nitro benzene ring substituents is 1. The standard InChI is InChI=1S/C10H9NO6/c1-17-10(14)5-9(13)6-2-3-8(12)7(4-6)11(15)16/h2-4,12H,5H2,1H3. The number of aromatic hydroxyl groups is 1. The van der Waals surface area contributed by atoms with Gasteiger partial charge in [-0.3, -0.25) is 19.7 Å². The molecule has 0 fully saturated rings. The van der Waals surface area contributed by atoms with Gasteiger partial charge in [-0.1, -0.05) is 0 Å². The van der Waals surface area contributed by atoms with Crippen LogP contribution in [0.2, 0.25) is 0 Å². The lowest BCUT2D eigenvalue weighted by Crippen LogP contribution is -2.09. The molecule has 0 unspecified atom stereocenters. The lowest BCUT2D eigenvalue weighted by molar-refractivity contribution is -0.385. The third-order valence-electron chi connectivity index (χ3n) is 2.03. The summed E-state index contributed by atoms with van der Waals surface area (Å²) in [5.41, 5.74) is -0.611.